The number of imidazole rings is 1. The first kappa shape index (κ1) is 25.0. The minimum atomic E-state index is -3.61. The summed E-state index contributed by atoms with van der Waals surface area (Å²) in [4.78, 5) is 17.9. The van der Waals surface area contributed by atoms with Crippen molar-refractivity contribution < 1.29 is 8.42 Å². The van der Waals surface area contributed by atoms with E-state index in [4.69, 9.17) is 16.6 Å². The number of benzene rings is 2. The lowest BCUT2D eigenvalue weighted by Crippen LogP contribution is -2.28. The molecule has 10 heteroatoms. The van der Waals surface area contributed by atoms with Crippen molar-refractivity contribution in [1.29, 1.82) is 0 Å². The van der Waals surface area contributed by atoms with Crippen LogP contribution in [0.4, 0.5) is 5.69 Å². The monoisotopic (exact) mass is 513 g/mol. The molecular formula is C25H28ClN5O3S. The molecule has 8 nitrogen and oxygen atoms in total. The molecule has 4 rings (SSSR count). The van der Waals surface area contributed by atoms with Crippen molar-refractivity contribution in [2.24, 2.45) is 0 Å². The van der Waals surface area contributed by atoms with Crippen molar-refractivity contribution in [1.82, 2.24) is 18.3 Å². The summed E-state index contributed by atoms with van der Waals surface area (Å²) < 4.78 is 31.5. The lowest BCUT2D eigenvalue weighted by Gasteiger charge is -2.16. The maximum Gasteiger partial charge on any atom is 0.301 e. The second-order valence-electron chi connectivity index (χ2n) is 8.50. The highest BCUT2D eigenvalue weighted by molar-refractivity contribution is 7.90. The summed E-state index contributed by atoms with van der Waals surface area (Å²) >= 11 is 6.03. The fourth-order valence-electron chi connectivity index (χ4n) is 3.78. The Hall–Kier alpha value is -3.14. The lowest BCUT2D eigenvalue weighted by atomic mass is 10.1. The maximum atomic E-state index is 13.1. The number of aromatic nitrogens is 3. The lowest BCUT2D eigenvalue weighted by molar-refractivity contribution is 0.527. The van der Waals surface area contributed by atoms with Crippen LogP contribution in [0.2, 0.25) is 5.02 Å². The summed E-state index contributed by atoms with van der Waals surface area (Å²) in [6.07, 6.45) is 4.80. The van der Waals surface area contributed by atoms with Gasteiger partial charge in [-0.25, -0.2) is 4.98 Å². The third kappa shape index (κ3) is 5.42. The number of hydrogen-bond donors (Lipinski definition) is 1. The van der Waals surface area contributed by atoms with Crippen LogP contribution in [0.1, 0.15) is 26.2 Å². The van der Waals surface area contributed by atoms with Crippen molar-refractivity contribution in [2.45, 2.75) is 32.7 Å². The van der Waals surface area contributed by atoms with Crippen LogP contribution in [0.3, 0.4) is 0 Å². The maximum absolute atomic E-state index is 13.1. The first-order chi connectivity index (χ1) is 16.7. The summed E-state index contributed by atoms with van der Waals surface area (Å²) in [5.41, 5.74) is 3.34. The van der Waals surface area contributed by atoms with Gasteiger partial charge < -0.3 is 4.57 Å². The molecule has 4 aromatic rings. The van der Waals surface area contributed by atoms with Crippen LogP contribution < -0.4 is 10.3 Å². The van der Waals surface area contributed by atoms with Crippen LogP contribution in [-0.2, 0) is 16.8 Å². The van der Waals surface area contributed by atoms with Gasteiger partial charge in [0, 0.05) is 49.2 Å². The van der Waals surface area contributed by atoms with E-state index in [0.717, 1.165) is 40.4 Å². The standard InChI is InChI=1S/C25H28ClN5O3S/c1-4-5-6-15-30-23(19-9-13-21(14-10-19)28-35(33,34)29(2)3)16-24(32)31-17-22(27-25(30)31)18-7-11-20(26)12-8-18/h7-14,16-17,28H,4-6,15H2,1-3H3. The molecule has 184 valence electrons. The number of halogens is 1. The molecule has 35 heavy (non-hydrogen) atoms. The molecule has 0 bridgehead atoms. The number of anilines is 1. The van der Waals surface area contributed by atoms with E-state index in [1.54, 1.807) is 53.1 Å². The zero-order chi connectivity index (χ0) is 25.2. The van der Waals surface area contributed by atoms with Crippen molar-refractivity contribution in [3.8, 4) is 22.5 Å². The third-order valence-corrected chi connectivity index (χ3v) is 7.46. The van der Waals surface area contributed by atoms with Crippen LogP contribution >= 0.6 is 11.6 Å². The number of hydrogen-bond acceptors (Lipinski definition) is 4. The van der Waals surface area contributed by atoms with Gasteiger partial charge in [-0.3, -0.25) is 13.9 Å². The largest absolute Gasteiger partial charge is 0.311 e. The van der Waals surface area contributed by atoms with Crippen LogP contribution in [0, 0.1) is 0 Å². The molecule has 0 amide bonds. The first-order valence-corrected chi connectivity index (χ1v) is 13.2. The van der Waals surface area contributed by atoms with Gasteiger partial charge in [0.15, 0.2) is 0 Å². The molecule has 2 aromatic heterocycles. The number of rotatable bonds is 9. The van der Waals surface area contributed by atoms with E-state index in [9.17, 15) is 13.2 Å². The Kier molecular flexibility index (Phi) is 7.30. The Balaban J connectivity index is 1.80. The molecule has 0 atom stereocenters. The number of aryl methyl sites for hydroxylation is 1. The minimum Gasteiger partial charge on any atom is -0.311 e. The van der Waals surface area contributed by atoms with Crippen LogP contribution in [-0.4, -0.2) is 40.8 Å². The minimum absolute atomic E-state index is 0.188. The van der Waals surface area contributed by atoms with Crippen LogP contribution in [0.25, 0.3) is 28.3 Å². The van der Waals surface area contributed by atoms with Crippen molar-refractivity contribution in [3.05, 3.63) is 76.2 Å². The van der Waals surface area contributed by atoms with E-state index in [1.165, 1.54) is 14.1 Å². The second kappa shape index (κ2) is 10.2. The normalized spacial score (nSPS) is 11.9. The smallest absolute Gasteiger partial charge is 0.301 e. The molecule has 2 heterocycles. The molecule has 0 saturated carbocycles. The van der Waals surface area contributed by atoms with Crippen LogP contribution in [0.15, 0.2) is 65.6 Å². The molecule has 0 aliphatic heterocycles. The van der Waals surface area contributed by atoms with Crippen LogP contribution in [0.5, 0.6) is 0 Å². The van der Waals surface area contributed by atoms with Gasteiger partial charge in [0.25, 0.3) is 5.56 Å². The molecular weight excluding hydrogens is 486 g/mol. The summed E-state index contributed by atoms with van der Waals surface area (Å²) in [5.74, 6) is 0.561. The average Bonchev–Trinajstić information content (AvgIpc) is 3.27. The van der Waals surface area contributed by atoms with E-state index < -0.39 is 10.2 Å². The predicted octanol–water partition coefficient (Wildman–Crippen LogP) is 4.89. The molecule has 0 fully saturated rings. The number of fused-ring (bicyclic) bond motifs is 1. The molecule has 0 spiro atoms. The molecule has 0 aliphatic carbocycles. The summed E-state index contributed by atoms with van der Waals surface area (Å²) in [7, 11) is -0.683. The van der Waals surface area contributed by atoms with E-state index in [-0.39, 0.29) is 5.56 Å². The van der Waals surface area contributed by atoms with E-state index >= 15 is 0 Å². The molecule has 2 aromatic carbocycles. The van der Waals surface area contributed by atoms with Crippen molar-refractivity contribution >= 4 is 33.3 Å². The zero-order valence-corrected chi connectivity index (χ0v) is 21.5. The fourth-order valence-corrected chi connectivity index (χ4v) is 4.53. The van der Waals surface area contributed by atoms with Gasteiger partial charge in [0.1, 0.15) is 0 Å². The van der Waals surface area contributed by atoms with E-state index in [1.807, 2.05) is 12.1 Å². The Bertz CT molecular complexity index is 1490. The number of unbranched alkanes of at least 4 members (excludes halogenated alkanes) is 2. The summed E-state index contributed by atoms with van der Waals surface area (Å²) in [6.45, 7) is 2.84. The van der Waals surface area contributed by atoms with Crippen molar-refractivity contribution in [3.63, 3.8) is 0 Å². The highest BCUT2D eigenvalue weighted by Crippen LogP contribution is 2.26. The molecule has 0 unspecified atom stereocenters. The quantitative estimate of drug-likeness (QED) is 0.323. The third-order valence-electron chi connectivity index (χ3n) is 5.75. The van der Waals surface area contributed by atoms with Gasteiger partial charge in [0.2, 0.25) is 5.78 Å². The fraction of sp³-hybridized carbons (Fsp3) is 0.280. The van der Waals surface area contributed by atoms with Gasteiger partial charge in [-0.1, -0.05) is 55.6 Å². The Labute approximate surface area is 210 Å². The van der Waals surface area contributed by atoms with E-state index in [0.29, 0.717) is 28.7 Å². The summed E-state index contributed by atoms with van der Waals surface area (Å²) in [5, 5.41) is 0.635. The van der Waals surface area contributed by atoms with Gasteiger partial charge in [-0.2, -0.15) is 12.7 Å². The Morgan fingerprint density at radius 1 is 1.00 bits per heavy atom. The Morgan fingerprint density at radius 3 is 2.29 bits per heavy atom. The Morgan fingerprint density at radius 2 is 1.66 bits per heavy atom. The topological polar surface area (TPSA) is 88.7 Å². The molecule has 0 saturated heterocycles. The van der Waals surface area contributed by atoms with Gasteiger partial charge in [-0.15, -0.1) is 0 Å². The molecule has 0 radical (unpaired) electrons. The van der Waals surface area contributed by atoms with Gasteiger partial charge >= 0.3 is 10.2 Å². The van der Waals surface area contributed by atoms with Crippen molar-refractivity contribution in [2.75, 3.05) is 18.8 Å². The predicted molar refractivity (Wildman–Crippen MR) is 141 cm³/mol. The summed E-state index contributed by atoms with van der Waals surface area (Å²) in [6, 6.07) is 15.9. The second-order valence-corrected chi connectivity index (χ2v) is 10.8. The molecule has 0 aliphatic rings. The van der Waals surface area contributed by atoms with E-state index in [2.05, 4.69) is 16.2 Å². The van der Waals surface area contributed by atoms with Gasteiger partial charge in [0.05, 0.1) is 11.4 Å². The van der Waals surface area contributed by atoms with Gasteiger partial charge in [-0.05, 0) is 36.2 Å². The first-order valence-electron chi connectivity index (χ1n) is 11.4. The number of nitrogens with zero attached hydrogens (tertiary/aromatic N) is 4. The SMILES string of the molecule is CCCCCn1c(-c2ccc(NS(=O)(=O)N(C)C)cc2)cc(=O)n2cc(-c3ccc(Cl)cc3)nc12. The number of nitrogens with one attached hydrogen (secondary N) is 1. The molecule has 1 N–H and O–H groups in total. The highest BCUT2D eigenvalue weighted by atomic mass is 35.5. The highest BCUT2D eigenvalue weighted by Gasteiger charge is 2.16. The average molecular weight is 514 g/mol. The zero-order valence-electron chi connectivity index (χ0n) is 19.9.